The molecule has 0 amide bonds. The number of nitrogens with one attached hydrogen (secondary N) is 1. The van der Waals surface area contributed by atoms with Crippen molar-refractivity contribution >= 4 is 29.0 Å². The second-order valence-corrected chi connectivity index (χ2v) is 8.57. The van der Waals surface area contributed by atoms with Crippen molar-refractivity contribution in [1.82, 2.24) is 0 Å². The van der Waals surface area contributed by atoms with Crippen LogP contribution in [-0.4, -0.2) is 32.3 Å². The third-order valence-corrected chi connectivity index (χ3v) is 6.38. The van der Waals surface area contributed by atoms with Gasteiger partial charge in [0.05, 0.1) is 18.5 Å². The second kappa shape index (κ2) is 8.44. The smallest absolute Gasteiger partial charge is 0.422 e. The molecule has 0 aromatic heterocycles. The summed E-state index contributed by atoms with van der Waals surface area (Å²) < 4.78 is 50.8. The fraction of sp³-hybridized carbons (Fsp3) is 0.185. The Bertz CT molecular complexity index is 1380. The van der Waals surface area contributed by atoms with Crippen LogP contribution < -0.4 is 15.1 Å². The lowest BCUT2D eigenvalue weighted by Crippen LogP contribution is -2.54. The van der Waals surface area contributed by atoms with Crippen LogP contribution in [0.2, 0.25) is 0 Å². The van der Waals surface area contributed by atoms with Crippen LogP contribution >= 0.6 is 0 Å². The summed E-state index contributed by atoms with van der Waals surface area (Å²) >= 11 is 0. The molecule has 0 spiro atoms. The molecule has 0 saturated heterocycles. The van der Waals surface area contributed by atoms with Crippen molar-refractivity contribution in [3.8, 4) is 0 Å². The number of benzene rings is 3. The minimum Gasteiger partial charge on any atom is -0.465 e. The number of methoxy groups -OCH3 is 1. The van der Waals surface area contributed by atoms with Gasteiger partial charge in [0.15, 0.2) is 0 Å². The molecule has 9 heteroatoms. The summed E-state index contributed by atoms with van der Waals surface area (Å²) in [5.41, 5.74) is -1.07. The van der Waals surface area contributed by atoms with Crippen molar-refractivity contribution in [2.24, 2.45) is 4.99 Å². The lowest BCUT2D eigenvalue weighted by Gasteiger charge is -2.41. The number of halogens is 3. The highest BCUT2D eigenvalue weighted by atomic mass is 19.4. The summed E-state index contributed by atoms with van der Waals surface area (Å²) in [6.45, 7) is 1.92. The molecule has 0 radical (unpaired) electrons. The van der Waals surface area contributed by atoms with Crippen LogP contribution in [0.4, 0.5) is 30.2 Å². The number of ether oxygens (including phenoxy) is 1. The van der Waals surface area contributed by atoms with Crippen molar-refractivity contribution in [1.29, 1.82) is 0 Å². The number of carbonyl (C=O) groups is 1. The molecular formula is C27H23F3N4O2. The highest BCUT2D eigenvalue weighted by Crippen LogP contribution is 2.55. The maximum absolute atomic E-state index is 15.3. The average Bonchev–Trinajstić information content (AvgIpc) is 3.17. The van der Waals surface area contributed by atoms with Gasteiger partial charge in [0.25, 0.3) is 0 Å². The standard InChI is InChI=1S/C27H23F3N4O2/c1-17-13-15-19(16-14-17)31-25-32-26(27(28,29)30,18-9-5-4-6-10-18)22(24(35)36-3)23-33(2)20-11-7-8-12-21(20)34(23)25/h4-16H,1-3H3,(H,31,32). The highest BCUT2D eigenvalue weighted by molar-refractivity contribution is 6.16. The predicted octanol–water partition coefficient (Wildman–Crippen LogP) is 5.58. The Morgan fingerprint density at radius 2 is 1.56 bits per heavy atom. The van der Waals surface area contributed by atoms with Gasteiger partial charge in [-0.2, -0.15) is 13.2 Å². The number of fused-ring (bicyclic) bond motifs is 3. The Balaban J connectivity index is 1.87. The van der Waals surface area contributed by atoms with E-state index in [0.29, 0.717) is 17.1 Å². The van der Waals surface area contributed by atoms with Gasteiger partial charge in [0.1, 0.15) is 11.4 Å². The molecule has 6 nitrogen and oxygen atoms in total. The third-order valence-electron chi connectivity index (χ3n) is 6.38. The summed E-state index contributed by atoms with van der Waals surface area (Å²) in [4.78, 5) is 20.6. The molecule has 3 aromatic carbocycles. The summed E-state index contributed by atoms with van der Waals surface area (Å²) in [7, 11) is 2.69. The molecule has 2 aliphatic heterocycles. The monoisotopic (exact) mass is 492 g/mol. The molecule has 0 aliphatic carbocycles. The maximum atomic E-state index is 15.3. The van der Waals surface area contributed by atoms with Gasteiger partial charge < -0.3 is 15.0 Å². The predicted molar refractivity (Wildman–Crippen MR) is 133 cm³/mol. The highest BCUT2D eigenvalue weighted by Gasteiger charge is 2.65. The third kappa shape index (κ3) is 3.42. The van der Waals surface area contributed by atoms with E-state index in [1.807, 2.05) is 19.1 Å². The van der Waals surface area contributed by atoms with Crippen LogP contribution in [0.15, 0.2) is 95.2 Å². The first-order valence-corrected chi connectivity index (χ1v) is 11.2. The van der Waals surface area contributed by atoms with Crippen molar-refractivity contribution in [2.45, 2.75) is 18.6 Å². The second-order valence-electron chi connectivity index (χ2n) is 8.57. The number of aliphatic imine (C=N–C) groups is 1. The molecule has 0 fully saturated rings. The molecule has 0 bridgehead atoms. The Hall–Kier alpha value is -4.27. The van der Waals surface area contributed by atoms with Crippen molar-refractivity contribution in [2.75, 3.05) is 29.3 Å². The molecule has 5 rings (SSSR count). The maximum Gasteiger partial charge on any atom is 0.422 e. The van der Waals surface area contributed by atoms with Crippen LogP contribution in [-0.2, 0) is 15.1 Å². The van der Waals surface area contributed by atoms with Crippen LogP contribution in [0, 0.1) is 6.92 Å². The summed E-state index contributed by atoms with van der Waals surface area (Å²) in [6.07, 6.45) is -4.98. The van der Waals surface area contributed by atoms with Crippen molar-refractivity contribution in [3.63, 3.8) is 0 Å². The molecular weight excluding hydrogens is 469 g/mol. The number of anilines is 3. The molecule has 1 N–H and O–H groups in total. The molecule has 36 heavy (non-hydrogen) atoms. The first-order valence-electron chi connectivity index (χ1n) is 11.2. The van der Waals surface area contributed by atoms with Gasteiger partial charge >= 0.3 is 12.1 Å². The number of carbonyl (C=O) groups excluding carboxylic acids is 1. The lowest BCUT2D eigenvalue weighted by molar-refractivity contribution is -0.182. The summed E-state index contributed by atoms with van der Waals surface area (Å²) in [5.74, 6) is -1.16. The van der Waals surface area contributed by atoms with E-state index in [-0.39, 0.29) is 17.3 Å². The van der Waals surface area contributed by atoms with E-state index in [4.69, 9.17) is 4.74 Å². The first kappa shape index (κ1) is 23.5. The number of nitrogens with zero attached hydrogens (tertiary/aromatic N) is 3. The van der Waals surface area contributed by atoms with E-state index in [9.17, 15) is 4.79 Å². The van der Waals surface area contributed by atoms with Gasteiger partial charge in [0.2, 0.25) is 11.5 Å². The van der Waals surface area contributed by atoms with Crippen LogP contribution in [0.5, 0.6) is 0 Å². The van der Waals surface area contributed by atoms with E-state index in [2.05, 4.69) is 10.3 Å². The molecule has 1 atom stereocenters. The Labute approximate surface area is 206 Å². The largest absolute Gasteiger partial charge is 0.465 e. The Morgan fingerprint density at radius 3 is 2.17 bits per heavy atom. The Kier molecular flexibility index (Phi) is 5.50. The number of rotatable bonds is 3. The lowest BCUT2D eigenvalue weighted by atomic mass is 9.80. The van der Waals surface area contributed by atoms with Crippen LogP contribution in [0.25, 0.3) is 0 Å². The van der Waals surface area contributed by atoms with Gasteiger partial charge in [0, 0.05) is 12.7 Å². The van der Waals surface area contributed by atoms with E-state index in [1.165, 1.54) is 29.2 Å². The van der Waals surface area contributed by atoms with Gasteiger partial charge in [-0.3, -0.25) is 4.90 Å². The fourth-order valence-corrected chi connectivity index (χ4v) is 4.68. The zero-order valence-electron chi connectivity index (χ0n) is 19.8. The average molecular weight is 493 g/mol. The van der Waals surface area contributed by atoms with Crippen LogP contribution in [0.3, 0.4) is 0 Å². The van der Waals surface area contributed by atoms with Crippen molar-refractivity contribution in [3.05, 3.63) is 101 Å². The minimum atomic E-state index is -4.98. The van der Waals surface area contributed by atoms with Crippen molar-refractivity contribution < 1.29 is 22.7 Å². The molecule has 2 aliphatic rings. The van der Waals surface area contributed by atoms with E-state index >= 15 is 13.2 Å². The van der Waals surface area contributed by atoms with Gasteiger partial charge in [-0.25, -0.2) is 9.79 Å². The molecule has 2 heterocycles. The number of para-hydroxylation sites is 2. The Morgan fingerprint density at radius 1 is 0.944 bits per heavy atom. The topological polar surface area (TPSA) is 57.2 Å². The zero-order chi connectivity index (χ0) is 25.7. The number of aryl methyl sites for hydroxylation is 1. The van der Waals surface area contributed by atoms with E-state index in [0.717, 1.165) is 12.7 Å². The molecule has 1 unspecified atom stereocenters. The SMILES string of the molecule is COC(=O)C1=C2N(C)c3ccccc3N2C(Nc2ccc(C)cc2)=NC1(c1ccccc1)C(F)(F)F. The number of hydrogen-bond acceptors (Lipinski definition) is 6. The first-order chi connectivity index (χ1) is 17.2. The van der Waals surface area contributed by atoms with E-state index in [1.54, 1.807) is 54.4 Å². The normalized spacial score (nSPS) is 19.0. The summed E-state index contributed by atoms with van der Waals surface area (Å²) in [6, 6.07) is 21.6. The van der Waals surface area contributed by atoms with Gasteiger partial charge in [-0.15, -0.1) is 0 Å². The summed E-state index contributed by atoms with van der Waals surface area (Å²) in [5, 5.41) is 3.08. The number of hydrogen-bond donors (Lipinski definition) is 1. The van der Waals surface area contributed by atoms with Gasteiger partial charge in [-0.1, -0.05) is 60.2 Å². The molecule has 184 valence electrons. The minimum absolute atomic E-state index is 0.0221. The molecule has 3 aromatic rings. The molecule has 0 saturated carbocycles. The fourth-order valence-electron chi connectivity index (χ4n) is 4.68. The number of esters is 1. The number of guanidine groups is 1. The van der Waals surface area contributed by atoms with Gasteiger partial charge in [-0.05, 0) is 36.8 Å². The van der Waals surface area contributed by atoms with E-state index < -0.39 is 23.3 Å². The number of alkyl halides is 3. The zero-order valence-corrected chi connectivity index (χ0v) is 19.8. The quantitative estimate of drug-likeness (QED) is 0.484. The van der Waals surface area contributed by atoms with Crippen LogP contribution in [0.1, 0.15) is 11.1 Å².